The molecule has 4 nitrogen and oxygen atoms in total. The highest BCUT2D eigenvalue weighted by Crippen LogP contribution is 2.22. The zero-order valence-corrected chi connectivity index (χ0v) is 8.40. The van der Waals surface area contributed by atoms with E-state index in [4.69, 9.17) is 0 Å². The molecule has 4 heteroatoms. The standard InChI is InChI=1S/C11H9NO3/c1-8-6-9(2)10(4-3-5-13)11(7-8)12(14)15/h5-7H,1-2H3. The summed E-state index contributed by atoms with van der Waals surface area (Å²) in [6.45, 7) is 3.51. The van der Waals surface area contributed by atoms with Crippen LogP contribution >= 0.6 is 0 Å². The van der Waals surface area contributed by atoms with Crippen LogP contribution in [0, 0.1) is 35.8 Å². The van der Waals surface area contributed by atoms with Crippen LogP contribution in [0.25, 0.3) is 0 Å². The fourth-order valence-corrected chi connectivity index (χ4v) is 1.35. The van der Waals surface area contributed by atoms with E-state index in [0.717, 1.165) is 5.56 Å². The summed E-state index contributed by atoms with van der Waals surface area (Å²) in [5.41, 5.74) is 1.76. The number of carbonyl (C=O) groups excluding carboxylic acids is 1. The number of aldehydes is 1. The molecular weight excluding hydrogens is 194 g/mol. The molecule has 0 aliphatic rings. The maximum atomic E-state index is 10.7. The van der Waals surface area contributed by atoms with Crippen LogP contribution in [0.15, 0.2) is 12.1 Å². The Bertz CT molecular complexity index is 481. The average Bonchev–Trinajstić information content (AvgIpc) is 2.15. The third-order valence-electron chi connectivity index (χ3n) is 1.91. The van der Waals surface area contributed by atoms with Crippen molar-refractivity contribution in [2.24, 2.45) is 0 Å². The summed E-state index contributed by atoms with van der Waals surface area (Å²) in [6, 6.07) is 3.24. The molecule has 0 saturated heterocycles. The van der Waals surface area contributed by atoms with Crippen LogP contribution in [0.2, 0.25) is 0 Å². The smallest absolute Gasteiger partial charge is 0.285 e. The molecule has 0 saturated carbocycles. The fourth-order valence-electron chi connectivity index (χ4n) is 1.35. The molecule has 0 N–H and O–H groups in total. The fraction of sp³-hybridized carbons (Fsp3) is 0.182. The number of hydrogen-bond acceptors (Lipinski definition) is 3. The molecule has 0 fully saturated rings. The van der Waals surface area contributed by atoms with Gasteiger partial charge in [-0.1, -0.05) is 12.0 Å². The molecule has 0 aliphatic carbocycles. The van der Waals surface area contributed by atoms with Crippen molar-refractivity contribution in [3.05, 3.63) is 38.9 Å². The van der Waals surface area contributed by atoms with E-state index in [-0.39, 0.29) is 5.69 Å². The van der Waals surface area contributed by atoms with Gasteiger partial charge in [0.1, 0.15) is 5.56 Å². The summed E-state index contributed by atoms with van der Waals surface area (Å²) in [6.07, 6.45) is 0.420. The van der Waals surface area contributed by atoms with Crippen LogP contribution in [-0.2, 0) is 4.79 Å². The topological polar surface area (TPSA) is 60.2 Å². The number of nitro groups is 1. The third-order valence-corrected chi connectivity index (χ3v) is 1.91. The van der Waals surface area contributed by atoms with Gasteiger partial charge in [-0.2, -0.15) is 0 Å². The first-order valence-corrected chi connectivity index (χ1v) is 4.27. The first-order chi connectivity index (χ1) is 7.06. The number of carbonyl (C=O) groups is 1. The minimum Gasteiger partial charge on any atom is -0.289 e. The van der Waals surface area contributed by atoms with E-state index >= 15 is 0 Å². The van der Waals surface area contributed by atoms with Gasteiger partial charge >= 0.3 is 0 Å². The lowest BCUT2D eigenvalue weighted by Gasteiger charge is -2.01. The van der Waals surface area contributed by atoms with Gasteiger partial charge in [-0.05, 0) is 30.9 Å². The van der Waals surface area contributed by atoms with E-state index in [1.165, 1.54) is 6.07 Å². The molecular formula is C11H9NO3. The van der Waals surface area contributed by atoms with Gasteiger partial charge in [0.05, 0.1) is 4.92 Å². The molecule has 0 radical (unpaired) electrons. The van der Waals surface area contributed by atoms with Gasteiger partial charge in [0.2, 0.25) is 0 Å². The first kappa shape index (κ1) is 10.9. The number of rotatable bonds is 1. The normalized spacial score (nSPS) is 8.93. The van der Waals surface area contributed by atoms with E-state index in [9.17, 15) is 14.9 Å². The molecule has 0 spiro atoms. The Balaban J connectivity index is 3.46. The van der Waals surface area contributed by atoms with Gasteiger partial charge in [-0.3, -0.25) is 14.9 Å². The van der Waals surface area contributed by atoms with Crippen molar-refractivity contribution < 1.29 is 9.72 Å². The highest BCUT2D eigenvalue weighted by Gasteiger charge is 2.14. The van der Waals surface area contributed by atoms with Crippen LogP contribution in [0.3, 0.4) is 0 Å². The number of aryl methyl sites for hydroxylation is 2. The van der Waals surface area contributed by atoms with Gasteiger partial charge in [0.15, 0.2) is 6.29 Å². The number of nitro benzene ring substituents is 1. The first-order valence-electron chi connectivity index (χ1n) is 4.27. The summed E-state index contributed by atoms with van der Waals surface area (Å²) in [5, 5.41) is 10.7. The lowest BCUT2D eigenvalue weighted by Crippen LogP contribution is -1.96. The Labute approximate surface area is 87.1 Å². The third kappa shape index (κ3) is 2.41. The molecule has 1 aromatic rings. The van der Waals surface area contributed by atoms with Crippen LogP contribution in [0.4, 0.5) is 5.69 Å². The molecule has 15 heavy (non-hydrogen) atoms. The largest absolute Gasteiger partial charge is 0.289 e. The van der Waals surface area contributed by atoms with Crippen molar-refractivity contribution in [1.82, 2.24) is 0 Å². The lowest BCUT2D eigenvalue weighted by atomic mass is 10.0. The summed E-state index contributed by atoms with van der Waals surface area (Å²) in [5.74, 6) is 4.67. The molecule has 0 unspecified atom stereocenters. The summed E-state index contributed by atoms with van der Waals surface area (Å²) < 4.78 is 0. The van der Waals surface area contributed by atoms with Gasteiger partial charge in [-0.15, -0.1) is 0 Å². The van der Waals surface area contributed by atoms with Crippen LogP contribution in [0.1, 0.15) is 16.7 Å². The number of hydrogen-bond donors (Lipinski definition) is 0. The number of nitrogens with zero attached hydrogens (tertiary/aromatic N) is 1. The quantitative estimate of drug-likeness (QED) is 0.302. The van der Waals surface area contributed by atoms with Crippen LogP contribution < -0.4 is 0 Å². The van der Waals surface area contributed by atoms with Crippen molar-refractivity contribution in [1.29, 1.82) is 0 Å². The predicted octanol–water partition coefficient (Wildman–Crippen LogP) is 1.76. The second-order valence-electron chi connectivity index (χ2n) is 3.12. The molecule has 0 bridgehead atoms. The van der Waals surface area contributed by atoms with E-state index in [1.807, 2.05) is 0 Å². The number of benzene rings is 1. The Morgan fingerprint density at radius 1 is 1.40 bits per heavy atom. The zero-order valence-electron chi connectivity index (χ0n) is 8.40. The van der Waals surface area contributed by atoms with Gasteiger partial charge in [-0.25, -0.2) is 0 Å². The Morgan fingerprint density at radius 3 is 2.60 bits per heavy atom. The molecule has 0 aromatic heterocycles. The highest BCUT2D eigenvalue weighted by molar-refractivity contribution is 5.75. The molecule has 0 amide bonds. The van der Waals surface area contributed by atoms with Gasteiger partial charge in [0, 0.05) is 6.07 Å². The molecule has 1 aromatic carbocycles. The minimum absolute atomic E-state index is 0.0538. The summed E-state index contributed by atoms with van der Waals surface area (Å²) in [7, 11) is 0. The zero-order chi connectivity index (χ0) is 11.4. The van der Waals surface area contributed by atoms with Crippen molar-refractivity contribution in [3.8, 4) is 11.8 Å². The van der Waals surface area contributed by atoms with E-state index in [1.54, 1.807) is 19.9 Å². The lowest BCUT2D eigenvalue weighted by molar-refractivity contribution is -0.385. The Kier molecular flexibility index (Phi) is 3.19. The van der Waals surface area contributed by atoms with Crippen molar-refractivity contribution in [3.63, 3.8) is 0 Å². The SMILES string of the molecule is Cc1cc(C)c(C#CC=O)c([N+](=O)[O-])c1. The average molecular weight is 203 g/mol. The van der Waals surface area contributed by atoms with Crippen LogP contribution in [0.5, 0.6) is 0 Å². The van der Waals surface area contributed by atoms with Gasteiger partial charge < -0.3 is 0 Å². The maximum Gasteiger partial charge on any atom is 0.285 e. The summed E-state index contributed by atoms with van der Waals surface area (Å²) >= 11 is 0. The van der Waals surface area contributed by atoms with E-state index in [2.05, 4.69) is 11.8 Å². The highest BCUT2D eigenvalue weighted by atomic mass is 16.6. The van der Waals surface area contributed by atoms with E-state index in [0.29, 0.717) is 17.4 Å². The van der Waals surface area contributed by atoms with Gasteiger partial charge in [0.25, 0.3) is 5.69 Å². The monoisotopic (exact) mass is 203 g/mol. The maximum absolute atomic E-state index is 10.7. The van der Waals surface area contributed by atoms with Crippen molar-refractivity contribution in [2.75, 3.05) is 0 Å². The minimum atomic E-state index is -0.491. The van der Waals surface area contributed by atoms with E-state index < -0.39 is 4.92 Å². The second-order valence-corrected chi connectivity index (χ2v) is 3.12. The molecule has 0 aliphatic heterocycles. The van der Waals surface area contributed by atoms with Crippen LogP contribution in [-0.4, -0.2) is 11.2 Å². The Hall–Kier alpha value is -2.15. The van der Waals surface area contributed by atoms with Crippen molar-refractivity contribution >= 4 is 12.0 Å². The second kappa shape index (κ2) is 4.38. The Morgan fingerprint density at radius 2 is 2.07 bits per heavy atom. The molecule has 0 atom stereocenters. The molecule has 0 heterocycles. The summed E-state index contributed by atoms with van der Waals surface area (Å²) in [4.78, 5) is 20.3. The van der Waals surface area contributed by atoms with Crippen molar-refractivity contribution in [2.45, 2.75) is 13.8 Å². The predicted molar refractivity (Wildman–Crippen MR) is 55.5 cm³/mol. The molecule has 1 rings (SSSR count). The molecule has 76 valence electrons.